The van der Waals surface area contributed by atoms with E-state index in [2.05, 4.69) is 12.2 Å². The van der Waals surface area contributed by atoms with Crippen molar-refractivity contribution in [2.24, 2.45) is 0 Å². The van der Waals surface area contributed by atoms with Gasteiger partial charge >= 0.3 is 0 Å². The Morgan fingerprint density at radius 2 is 1.50 bits per heavy atom. The molecule has 8 heteroatoms. The molecule has 4 atom stereocenters. The van der Waals surface area contributed by atoms with E-state index in [4.69, 9.17) is 25.5 Å². The molecule has 0 saturated carbocycles. The van der Waals surface area contributed by atoms with E-state index in [0.717, 1.165) is 5.37 Å². The van der Waals surface area contributed by atoms with Gasteiger partial charge in [-0.05, 0) is 0 Å². The van der Waals surface area contributed by atoms with Crippen LogP contribution in [0.4, 0.5) is 0 Å². The van der Waals surface area contributed by atoms with E-state index < -0.39 is 31.0 Å². The van der Waals surface area contributed by atoms with E-state index in [0.29, 0.717) is 0 Å². The van der Waals surface area contributed by atoms with Crippen LogP contribution in [0, 0.1) is 0 Å². The molecular weight excluding hydrogens is 223 g/mol. The van der Waals surface area contributed by atoms with Gasteiger partial charge in [-0.15, -0.1) is 0 Å². The van der Waals surface area contributed by atoms with Crippen molar-refractivity contribution >= 4 is 47.1 Å². The van der Waals surface area contributed by atoms with Crippen LogP contribution in [0.15, 0.2) is 0 Å². The van der Waals surface area contributed by atoms with Crippen molar-refractivity contribution in [1.82, 2.24) is 0 Å². The molecule has 0 amide bonds. The van der Waals surface area contributed by atoms with Crippen LogP contribution in [-0.2, 0) is 0 Å². The minimum atomic E-state index is -1.61. The van der Waals surface area contributed by atoms with Gasteiger partial charge in [-0.2, -0.15) is 0 Å². The van der Waals surface area contributed by atoms with Gasteiger partial charge in [0.2, 0.25) is 0 Å². The van der Waals surface area contributed by atoms with Crippen molar-refractivity contribution in [2.45, 2.75) is 24.4 Å². The normalized spacial score (nSPS) is 18.1. The molecule has 0 aromatic rings. The summed E-state index contributed by atoms with van der Waals surface area (Å²) in [7, 11) is 0. The van der Waals surface area contributed by atoms with Crippen LogP contribution in [0.2, 0.25) is 0 Å². The van der Waals surface area contributed by atoms with Gasteiger partial charge in [0, 0.05) is 34.9 Å². The summed E-state index contributed by atoms with van der Waals surface area (Å²) in [5.41, 5.74) is 0. The molecule has 0 aliphatic carbocycles. The van der Waals surface area contributed by atoms with Gasteiger partial charge in [0.1, 0.15) is 24.4 Å². The molecule has 0 rings (SSSR count). The van der Waals surface area contributed by atoms with Crippen molar-refractivity contribution in [1.29, 1.82) is 0 Å². The van der Waals surface area contributed by atoms with Gasteiger partial charge < -0.3 is 31.0 Å². The van der Waals surface area contributed by atoms with Crippen molar-refractivity contribution in [3.05, 3.63) is 0 Å². The third kappa shape index (κ3) is 6.36. The smallest absolute Gasteiger partial charge is 0.113 e. The molecule has 14 heavy (non-hydrogen) atoms. The van der Waals surface area contributed by atoms with Crippen LogP contribution >= 0.6 is 12.2 Å². The maximum Gasteiger partial charge on any atom is 0.113 e. The number of aliphatic hydroxyl groups excluding tert-OH is 5. The third-order valence-corrected chi connectivity index (χ3v) is 1.70. The molecule has 1 radical (unpaired) electrons. The zero-order valence-electron chi connectivity index (χ0n) is 7.74. The number of hydrogen-bond acceptors (Lipinski definition) is 6. The van der Waals surface area contributed by atoms with E-state index in [1.54, 1.807) is 0 Å². The van der Waals surface area contributed by atoms with Crippen molar-refractivity contribution in [3.8, 4) is 0 Å². The zero-order valence-corrected chi connectivity index (χ0v) is 10.6. The van der Waals surface area contributed by atoms with Crippen molar-refractivity contribution in [3.63, 3.8) is 0 Å². The summed E-state index contributed by atoms with van der Waals surface area (Å²) in [4.78, 5) is 0. The fraction of sp³-hybridized carbons (Fsp3) is 0.833. The monoisotopic (exact) mass is 237 g/mol. The fourth-order valence-corrected chi connectivity index (χ4v) is 0.779. The Kier molecular flexibility index (Phi) is 15.0. The molecule has 0 aliphatic heterocycles. The van der Waals surface area contributed by atoms with Gasteiger partial charge in [0.15, 0.2) is 0 Å². The maximum absolute atomic E-state index is 9.02. The largest absolute Gasteiger partial charge is 0.412 e. The van der Waals surface area contributed by atoms with Crippen molar-refractivity contribution < 1.29 is 31.0 Å². The van der Waals surface area contributed by atoms with Gasteiger partial charge in [0.05, 0.1) is 6.61 Å². The molecule has 0 saturated heterocycles. The molecular formula is C6H14NaO6S. The summed E-state index contributed by atoms with van der Waals surface area (Å²) in [6, 6.07) is 0. The predicted octanol–water partition coefficient (Wildman–Crippen LogP) is -3.78. The van der Waals surface area contributed by atoms with E-state index in [-0.39, 0.29) is 35.0 Å². The molecule has 0 aliphatic rings. The Morgan fingerprint density at radius 3 is 1.79 bits per heavy atom. The first-order valence-electron chi connectivity index (χ1n) is 3.33. The topological polar surface area (TPSA) is 133 Å². The Bertz CT molecular complexity index is 148. The van der Waals surface area contributed by atoms with Crippen molar-refractivity contribution in [2.75, 3.05) is 6.61 Å². The summed E-state index contributed by atoms with van der Waals surface area (Å²) in [5.74, 6) is 0. The Hall–Kier alpha value is 0.850. The second-order valence-corrected chi connectivity index (χ2v) is 2.63. The van der Waals surface area contributed by atoms with E-state index >= 15 is 0 Å². The molecule has 0 aromatic carbocycles. The number of hydrogen-bond donors (Lipinski definition) is 5. The fourth-order valence-electron chi connectivity index (χ4n) is 0.618. The minimum absolute atomic E-state index is 0. The standard InChI is InChI=1S/C6H12O5S.Na.H2O/c7-1-3(8)5(10)6(11)4(9)2-12;;/h2-11H,1H2;;1H2/t3-,4+,5-,6-;;/m1../s1. The van der Waals surface area contributed by atoms with Gasteiger partial charge in [-0.3, -0.25) is 0 Å². The first-order valence-corrected chi connectivity index (χ1v) is 3.80. The SMILES string of the molecule is O.OC[C@@H](O)[C@@H](O)[C@H](O)[C@@H](O)C=S.[Na]. The number of rotatable bonds is 5. The molecule has 7 N–H and O–H groups in total. The molecule has 0 bridgehead atoms. The Labute approximate surface area is 109 Å². The molecule has 0 spiro atoms. The Morgan fingerprint density at radius 1 is 1.07 bits per heavy atom. The van der Waals surface area contributed by atoms with Crippen LogP contribution in [0.1, 0.15) is 0 Å². The predicted molar refractivity (Wildman–Crippen MR) is 54.1 cm³/mol. The quantitative estimate of drug-likeness (QED) is 0.246. The molecule has 0 unspecified atom stereocenters. The van der Waals surface area contributed by atoms with Crippen LogP contribution in [-0.4, -0.2) is 97.0 Å². The summed E-state index contributed by atoms with van der Waals surface area (Å²) in [6.45, 7) is -0.692. The van der Waals surface area contributed by atoms with E-state index in [1.165, 1.54) is 0 Å². The maximum atomic E-state index is 9.02. The first kappa shape index (κ1) is 20.3. The first-order chi connectivity index (χ1) is 5.54. The summed E-state index contributed by atoms with van der Waals surface area (Å²) in [6.07, 6.45) is -6.06. The second kappa shape index (κ2) is 10.4. The minimum Gasteiger partial charge on any atom is -0.412 e. The molecule has 6 nitrogen and oxygen atoms in total. The average molecular weight is 237 g/mol. The number of thiocarbonyl (C=S) groups is 1. The van der Waals surface area contributed by atoms with Gasteiger partial charge in [-0.1, -0.05) is 12.2 Å². The summed E-state index contributed by atoms with van der Waals surface area (Å²) in [5, 5.41) is 44.9. The van der Waals surface area contributed by atoms with Gasteiger partial charge in [0.25, 0.3) is 0 Å². The molecule has 0 aromatic heterocycles. The summed E-state index contributed by atoms with van der Waals surface area (Å²) >= 11 is 4.30. The van der Waals surface area contributed by atoms with E-state index in [1.807, 2.05) is 0 Å². The summed E-state index contributed by atoms with van der Waals surface area (Å²) < 4.78 is 0. The Balaban J connectivity index is -0.000000605. The second-order valence-electron chi connectivity index (χ2n) is 2.36. The van der Waals surface area contributed by atoms with Crippen LogP contribution in [0.25, 0.3) is 0 Å². The van der Waals surface area contributed by atoms with Gasteiger partial charge in [-0.25, -0.2) is 0 Å². The molecule has 0 heterocycles. The third-order valence-electron chi connectivity index (χ3n) is 1.42. The van der Waals surface area contributed by atoms with Crippen LogP contribution < -0.4 is 0 Å². The zero-order chi connectivity index (χ0) is 9.72. The molecule has 81 valence electrons. The van der Waals surface area contributed by atoms with Crippen LogP contribution in [0.3, 0.4) is 0 Å². The number of aliphatic hydroxyl groups is 5. The van der Waals surface area contributed by atoms with E-state index in [9.17, 15) is 0 Å². The van der Waals surface area contributed by atoms with Crippen LogP contribution in [0.5, 0.6) is 0 Å². The molecule has 0 fully saturated rings. The average Bonchev–Trinajstić information content (AvgIpc) is 2.12.